The summed E-state index contributed by atoms with van der Waals surface area (Å²) in [7, 11) is -4.15. The fraction of sp³-hybridized carbons (Fsp3) is 0.0500. The molecule has 3 aromatic rings. The lowest BCUT2D eigenvalue weighted by atomic mass is 10.2. The van der Waals surface area contributed by atoms with E-state index < -0.39 is 22.5 Å². The highest BCUT2D eigenvalue weighted by Crippen LogP contribution is 2.31. The Labute approximate surface area is 180 Å². The Bertz CT molecular complexity index is 1330. The summed E-state index contributed by atoms with van der Waals surface area (Å²) in [5.41, 5.74) is -0.386. The van der Waals surface area contributed by atoms with E-state index in [-0.39, 0.29) is 39.1 Å². The molecule has 0 aliphatic rings. The zero-order valence-electron chi connectivity index (χ0n) is 15.8. The number of benzene rings is 2. The largest absolute Gasteiger partial charge is 0.456 e. The highest BCUT2D eigenvalue weighted by molar-refractivity contribution is 7.92. The molecule has 1 aromatic heterocycles. The molecule has 0 unspecified atom stereocenters. The van der Waals surface area contributed by atoms with Gasteiger partial charge in [0, 0.05) is 6.07 Å². The number of nitriles is 2. The van der Waals surface area contributed by atoms with Crippen molar-refractivity contribution < 1.29 is 31.1 Å². The van der Waals surface area contributed by atoms with Crippen molar-refractivity contribution in [3.8, 4) is 29.4 Å². The number of alkyl halides is 2. The van der Waals surface area contributed by atoms with Crippen LogP contribution in [0.25, 0.3) is 0 Å². The molecule has 0 fully saturated rings. The summed E-state index contributed by atoms with van der Waals surface area (Å²) in [5, 5.41) is 18.5. The van der Waals surface area contributed by atoms with Crippen LogP contribution in [0, 0.1) is 28.5 Å². The highest BCUT2D eigenvalue weighted by atomic mass is 32.2. The SMILES string of the molecule is N#Cc1cc(S(=O)(=O)Nc2ccc(F)cn2)ccc1Oc1ccc(OC(F)F)c(C#N)c1. The summed E-state index contributed by atoms with van der Waals surface area (Å²) in [6.07, 6.45) is 0.836. The summed E-state index contributed by atoms with van der Waals surface area (Å²) < 4.78 is 74.7. The van der Waals surface area contributed by atoms with Crippen molar-refractivity contribution in [2.45, 2.75) is 11.5 Å². The van der Waals surface area contributed by atoms with Crippen LogP contribution in [0.15, 0.2) is 59.6 Å². The minimum Gasteiger partial charge on any atom is -0.456 e. The maximum absolute atomic E-state index is 12.9. The molecule has 0 aliphatic carbocycles. The lowest BCUT2D eigenvalue weighted by Crippen LogP contribution is -2.14. The molecular formula is C20H11F3N4O4S. The molecule has 0 atom stereocenters. The van der Waals surface area contributed by atoms with Gasteiger partial charge in [0.2, 0.25) is 0 Å². The molecule has 12 heteroatoms. The number of halogens is 3. The van der Waals surface area contributed by atoms with Gasteiger partial charge < -0.3 is 9.47 Å². The second-order valence-corrected chi connectivity index (χ2v) is 7.67. The number of sulfonamides is 1. The van der Waals surface area contributed by atoms with E-state index in [1.165, 1.54) is 12.1 Å². The van der Waals surface area contributed by atoms with Gasteiger partial charge in [0.25, 0.3) is 10.0 Å². The molecule has 0 spiro atoms. The molecule has 1 N–H and O–H groups in total. The number of nitrogens with zero attached hydrogens (tertiary/aromatic N) is 3. The summed E-state index contributed by atoms with van der Waals surface area (Å²) in [4.78, 5) is 3.32. The van der Waals surface area contributed by atoms with Gasteiger partial charge in [0.15, 0.2) is 0 Å². The first kappa shape index (κ1) is 22.4. The molecule has 0 saturated heterocycles. The van der Waals surface area contributed by atoms with E-state index in [4.69, 9.17) is 10.00 Å². The molecule has 0 aliphatic heterocycles. The van der Waals surface area contributed by atoms with Crippen molar-refractivity contribution in [2.24, 2.45) is 0 Å². The standard InChI is InChI=1S/C20H11F3N4O4S/c21-14-1-6-19(26-11-14)27-32(28,29)16-3-5-17(13(8-16)10-25)30-15-2-4-18(31-20(22)23)12(7-15)9-24/h1-8,11,20H,(H,26,27). The first-order valence-corrected chi connectivity index (χ1v) is 10.1. The Morgan fingerprint density at radius 1 is 0.969 bits per heavy atom. The van der Waals surface area contributed by atoms with Crippen molar-refractivity contribution in [3.05, 3.63) is 71.7 Å². The van der Waals surface area contributed by atoms with Gasteiger partial charge in [0.1, 0.15) is 41.0 Å². The number of ether oxygens (including phenoxy) is 2. The summed E-state index contributed by atoms with van der Waals surface area (Å²) in [6.45, 7) is -3.12. The van der Waals surface area contributed by atoms with Crippen LogP contribution in [0.4, 0.5) is 19.0 Å². The maximum Gasteiger partial charge on any atom is 0.387 e. The quantitative estimate of drug-likeness (QED) is 0.561. The predicted octanol–water partition coefficient (Wildman–Crippen LogP) is 4.16. The Hall–Kier alpha value is -4.29. The fourth-order valence-electron chi connectivity index (χ4n) is 2.47. The highest BCUT2D eigenvalue weighted by Gasteiger charge is 2.18. The second kappa shape index (κ2) is 9.24. The number of pyridine rings is 1. The van der Waals surface area contributed by atoms with Crippen molar-refractivity contribution in [1.29, 1.82) is 10.5 Å². The van der Waals surface area contributed by atoms with E-state index in [1.54, 1.807) is 12.1 Å². The molecule has 0 amide bonds. The third kappa shape index (κ3) is 5.24. The normalized spacial score (nSPS) is 10.8. The van der Waals surface area contributed by atoms with Gasteiger partial charge in [-0.25, -0.2) is 17.8 Å². The number of anilines is 1. The molecule has 162 valence electrons. The van der Waals surface area contributed by atoms with Crippen LogP contribution in [-0.2, 0) is 10.0 Å². The zero-order valence-corrected chi connectivity index (χ0v) is 16.6. The van der Waals surface area contributed by atoms with Gasteiger partial charge >= 0.3 is 6.61 Å². The molecule has 3 rings (SSSR count). The Balaban J connectivity index is 1.86. The van der Waals surface area contributed by atoms with Gasteiger partial charge in [0.05, 0.1) is 22.2 Å². The number of rotatable bonds is 7. The van der Waals surface area contributed by atoms with Crippen LogP contribution in [0.1, 0.15) is 11.1 Å². The van der Waals surface area contributed by atoms with E-state index >= 15 is 0 Å². The zero-order chi connectivity index (χ0) is 23.3. The van der Waals surface area contributed by atoms with Crippen LogP contribution >= 0.6 is 0 Å². The van der Waals surface area contributed by atoms with E-state index in [0.717, 1.165) is 42.6 Å². The van der Waals surface area contributed by atoms with Crippen LogP contribution in [0.3, 0.4) is 0 Å². The van der Waals surface area contributed by atoms with Gasteiger partial charge in [-0.15, -0.1) is 0 Å². The van der Waals surface area contributed by atoms with Crippen molar-refractivity contribution >= 4 is 15.8 Å². The topological polar surface area (TPSA) is 125 Å². The lowest BCUT2D eigenvalue weighted by molar-refractivity contribution is -0.0500. The fourth-order valence-corrected chi connectivity index (χ4v) is 3.51. The number of aromatic nitrogens is 1. The molecule has 0 radical (unpaired) electrons. The van der Waals surface area contributed by atoms with Gasteiger partial charge in [-0.3, -0.25) is 4.72 Å². The summed E-state index contributed by atoms with van der Waals surface area (Å²) in [6, 6.07) is 12.5. The molecule has 32 heavy (non-hydrogen) atoms. The molecule has 0 saturated carbocycles. The van der Waals surface area contributed by atoms with Crippen LogP contribution in [0.5, 0.6) is 17.2 Å². The van der Waals surface area contributed by atoms with Gasteiger partial charge in [-0.2, -0.15) is 19.3 Å². The average Bonchev–Trinajstić information content (AvgIpc) is 2.76. The molecule has 1 heterocycles. The number of nitrogens with one attached hydrogen (secondary N) is 1. The first-order valence-electron chi connectivity index (χ1n) is 8.57. The van der Waals surface area contributed by atoms with Gasteiger partial charge in [-0.1, -0.05) is 0 Å². The van der Waals surface area contributed by atoms with Crippen LogP contribution in [-0.4, -0.2) is 20.0 Å². The lowest BCUT2D eigenvalue weighted by Gasteiger charge is -2.12. The first-order chi connectivity index (χ1) is 15.2. The third-order valence-corrected chi connectivity index (χ3v) is 5.22. The minimum absolute atomic E-state index is 0.0314. The Kier molecular flexibility index (Phi) is 6.47. The number of hydrogen-bond donors (Lipinski definition) is 1. The second-order valence-electron chi connectivity index (χ2n) is 5.99. The Morgan fingerprint density at radius 2 is 1.66 bits per heavy atom. The van der Waals surface area contributed by atoms with Crippen molar-refractivity contribution in [2.75, 3.05) is 4.72 Å². The predicted molar refractivity (Wildman–Crippen MR) is 104 cm³/mol. The summed E-state index contributed by atoms with van der Waals surface area (Å²) in [5.74, 6) is -1.13. The summed E-state index contributed by atoms with van der Waals surface area (Å²) >= 11 is 0. The van der Waals surface area contributed by atoms with Crippen LogP contribution < -0.4 is 14.2 Å². The molecule has 0 bridgehead atoms. The molecular weight excluding hydrogens is 449 g/mol. The number of hydrogen-bond acceptors (Lipinski definition) is 7. The van der Waals surface area contributed by atoms with Crippen molar-refractivity contribution in [3.63, 3.8) is 0 Å². The Morgan fingerprint density at radius 3 is 2.28 bits per heavy atom. The van der Waals surface area contributed by atoms with E-state index in [1.807, 2.05) is 0 Å². The van der Waals surface area contributed by atoms with Crippen molar-refractivity contribution in [1.82, 2.24) is 4.98 Å². The maximum atomic E-state index is 12.9. The third-order valence-electron chi connectivity index (χ3n) is 3.86. The van der Waals surface area contributed by atoms with Gasteiger partial charge in [-0.05, 0) is 42.5 Å². The monoisotopic (exact) mass is 460 g/mol. The molecule has 8 nitrogen and oxygen atoms in total. The van der Waals surface area contributed by atoms with E-state index in [9.17, 15) is 26.9 Å². The molecule has 2 aromatic carbocycles. The average molecular weight is 460 g/mol. The van der Waals surface area contributed by atoms with E-state index in [0.29, 0.717) is 0 Å². The van der Waals surface area contributed by atoms with Crippen LogP contribution in [0.2, 0.25) is 0 Å². The smallest absolute Gasteiger partial charge is 0.387 e. The minimum atomic E-state index is -4.15. The van der Waals surface area contributed by atoms with E-state index in [2.05, 4.69) is 14.4 Å².